The monoisotopic (exact) mass is 437 g/mol. The summed E-state index contributed by atoms with van der Waals surface area (Å²) in [6.07, 6.45) is 4.55. The van der Waals surface area contributed by atoms with E-state index in [4.69, 9.17) is 0 Å². The Bertz CT molecular complexity index is 896. The van der Waals surface area contributed by atoms with E-state index in [0.717, 1.165) is 43.9 Å². The molecule has 0 radical (unpaired) electrons. The van der Waals surface area contributed by atoms with Gasteiger partial charge in [-0.05, 0) is 43.5 Å². The maximum absolute atomic E-state index is 13.0. The molecule has 0 saturated carbocycles. The van der Waals surface area contributed by atoms with E-state index in [9.17, 15) is 9.59 Å². The number of nitrogens with zero attached hydrogens (tertiary/aromatic N) is 4. The summed E-state index contributed by atoms with van der Waals surface area (Å²) in [5.74, 6) is -0.207. The van der Waals surface area contributed by atoms with Gasteiger partial charge in [0.2, 0.25) is 11.8 Å². The number of hydrogen-bond acceptors (Lipinski definition) is 5. The fourth-order valence-electron chi connectivity index (χ4n) is 4.25. The summed E-state index contributed by atoms with van der Waals surface area (Å²) in [5, 5.41) is 2.94. The first-order valence-corrected chi connectivity index (χ1v) is 11.4. The van der Waals surface area contributed by atoms with Crippen LogP contribution >= 0.6 is 0 Å². The Hall–Kier alpha value is -2.77. The number of benzene rings is 1. The normalized spacial score (nSPS) is 16.9. The molecular weight excluding hydrogens is 402 g/mol. The Morgan fingerprint density at radius 2 is 1.75 bits per heavy atom. The lowest BCUT2D eigenvalue weighted by Crippen LogP contribution is -2.54. The summed E-state index contributed by atoms with van der Waals surface area (Å²) < 4.78 is 0. The third-order valence-corrected chi connectivity index (χ3v) is 6.40. The van der Waals surface area contributed by atoms with Gasteiger partial charge >= 0.3 is 0 Å². The number of aromatic nitrogens is 1. The molecule has 0 aliphatic carbocycles. The fourth-order valence-corrected chi connectivity index (χ4v) is 4.25. The number of amides is 2. The van der Waals surface area contributed by atoms with Crippen LogP contribution in [0.4, 0.5) is 5.69 Å². The van der Waals surface area contributed by atoms with Crippen molar-refractivity contribution in [1.29, 1.82) is 0 Å². The van der Waals surface area contributed by atoms with Gasteiger partial charge in [0.1, 0.15) is 0 Å². The predicted octanol–water partition coefficient (Wildman–Crippen LogP) is 2.81. The molecule has 1 N–H and O–H groups in total. The van der Waals surface area contributed by atoms with Crippen molar-refractivity contribution in [2.45, 2.75) is 39.3 Å². The van der Waals surface area contributed by atoms with E-state index < -0.39 is 0 Å². The molecule has 1 aromatic heterocycles. The zero-order valence-electron chi connectivity index (χ0n) is 19.6. The van der Waals surface area contributed by atoms with Crippen molar-refractivity contribution < 1.29 is 9.59 Å². The highest BCUT2D eigenvalue weighted by Gasteiger charge is 2.29. The van der Waals surface area contributed by atoms with Gasteiger partial charge in [0.25, 0.3) is 0 Å². The van der Waals surface area contributed by atoms with E-state index in [2.05, 4.69) is 40.0 Å². The lowest BCUT2D eigenvalue weighted by atomic mass is 10.1. The van der Waals surface area contributed by atoms with Gasteiger partial charge in [-0.2, -0.15) is 0 Å². The summed E-state index contributed by atoms with van der Waals surface area (Å²) in [4.78, 5) is 35.9. The number of piperazine rings is 1. The number of pyridine rings is 1. The van der Waals surface area contributed by atoms with Gasteiger partial charge in [0, 0.05) is 57.3 Å². The fraction of sp³-hybridized carbons (Fsp3) is 0.480. The summed E-state index contributed by atoms with van der Waals surface area (Å²) in [6.45, 7) is 9.66. The van der Waals surface area contributed by atoms with Crippen LogP contribution in [0.15, 0.2) is 48.8 Å². The van der Waals surface area contributed by atoms with E-state index in [0.29, 0.717) is 6.04 Å². The summed E-state index contributed by atoms with van der Waals surface area (Å²) in [7, 11) is 1.70. The number of para-hydroxylation sites is 1. The molecule has 32 heavy (non-hydrogen) atoms. The van der Waals surface area contributed by atoms with E-state index in [1.54, 1.807) is 13.2 Å². The molecule has 1 aromatic carbocycles. The highest BCUT2D eigenvalue weighted by molar-refractivity contribution is 5.95. The van der Waals surface area contributed by atoms with E-state index in [1.807, 2.05) is 43.5 Å². The molecule has 0 spiro atoms. The quantitative estimate of drug-likeness (QED) is 0.688. The summed E-state index contributed by atoms with van der Waals surface area (Å²) in [5.41, 5.74) is 3.11. The van der Waals surface area contributed by atoms with Gasteiger partial charge in [-0.25, -0.2) is 0 Å². The molecule has 1 aliphatic rings. The molecule has 2 heterocycles. The van der Waals surface area contributed by atoms with Crippen LogP contribution in [0.5, 0.6) is 0 Å². The Morgan fingerprint density at radius 1 is 1.06 bits per heavy atom. The van der Waals surface area contributed by atoms with Crippen molar-refractivity contribution in [3.8, 4) is 0 Å². The number of carbonyl (C=O) groups excluding carboxylic acids is 2. The summed E-state index contributed by atoms with van der Waals surface area (Å²) >= 11 is 0. The standard InChI is InChI=1S/C25H35N5O2/c1-5-21-9-6-7-11-23(21)27-24(31)18-28(4)25(32)20(3)30-15-13-29(14-16-30)19(2)22-10-8-12-26-17-22/h6-12,17,19-20H,5,13-16,18H2,1-4H3,(H,27,31). The van der Waals surface area contributed by atoms with Gasteiger partial charge < -0.3 is 10.2 Å². The van der Waals surface area contributed by atoms with Crippen molar-refractivity contribution in [2.24, 2.45) is 0 Å². The van der Waals surface area contributed by atoms with Crippen molar-refractivity contribution in [3.05, 3.63) is 59.9 Å². The molecule has 2 aromatic rings. The zero-order valence-corrected chi connectivity index (χ0v) is 19.6. The molecule has 1 fully saturated rings. The van der Waals surface area contributed by atoms with E-state index in [1.165, 1.54) is 10.5 Å². The smallest absolute Gasteiger partial charge is 0.243 e. The van der Waals surface area contributed by atoms with Crippen LogP contribution in [0.1, 0.15) is 37.9 Å². The molecule has 7 heteroatoms. The number of hydrogen-bond donors (Lipinski definition) is 1. The van der Waals surface area contributed by atoms with Crippen LogP contribution in [-0.2, 0) is 16.0 Å². The molecule has 1 aliphatic heterocycles. The lowest BCUT2D eigenvalue weighted by molar-refractivity contribution is -0.138. The molecular formula is C25H35N5O2. The Balaban J connectivity index is 1.49. The largest absolute Gasteiger partial charge is 0.335 e. The molecule has 7 nitrogen and oxygen atoms in total. The molecule has 3 rings (SSSR count). The van der Waals surface area contributed by atoms with Crippen molar-refractivity contribution >= 4 is 17.5 Å². The number of aryl methyl sites for hydroxylation is 1. The van der Waals surface area contributed by atoms with Crippen LogP contribution in [0.3, 0.4) is 0 Å². The second-order valence-corrected chi connectivity index (χ2v) is 8.46. The van der Waals surface area contributed by atoms with Gasteiger partial charge in [0.05, 0.1) is 12.6 Å². The third-order valence-electron chi connectivity index (χ3n) is 6.40. The number of rotatable bonds is 8. The minimum absolute atomic E-state index is 0.0299. The number of anilines is 1. The van der Waals surface area contributed by atoms with Gasteiger partial charge in [-0.3, -0.25) is 24.4 Å². The maximum atomic E-state index is 13.0. The Kier molecular flexibility index (Phi) is 8.36. The number of nitrogens with one attached hydrogen (secondary N) is 1. The van der Waals surface area contributed by atoms with Crippen molar-refractivity contribution in [2.75, 3.05) is 45.1 Å². The predicted molar refractivity (Wildman–Crippen MR) is 127 cm³/mol. The molecule has 2 unspecified atom stereocenters. The lowest BCUT2D eigenvalue weighted by Gasteiger charge is -2.40. The maximum Gasteiger partial charge on any atom is 0.243 e. The average molecular weight is 438 g/mol. The topological polar surface area (TPSA) is 68.8 Å². The minimum Gasteiger partial charge on any atom is -0.335 e. The highest BCUT2D eigenvalue weighted by Crippen LogP contribution is 2.21. The highest BCUT2D eigenvalue weighted by atomic mass is 16.2. The van der Waals surface area contributed by atoms with Gasteiger partial charge in [-0.1, -0.05) is 31.2 Å². The summed E-state index contributed by atoms with van der Waals surface area (Å²) in [6, 6.07) is 11.9. The van der Waals surface area contributed by atoms with Gasteiger partial charge in [-0.15, -0.1) is 0 Å². The van der Waals surface area contributed by atoms with Crippen molar-refractivity contribution in [3.63, 3.8) is 0 Å². The molecule has 2 atom stereocenters. The number of carbonyl (C=O) groups is 2. The van der Waals surface area contributed by atoms with Crippen molar-refractivity contribution in [1.82, 2.24) is 19.7 Å². The van der Waals surface area contributed by atoms with Crippen LogP contribution < -0.4 is 5.32 Å². The second kappa shape index (κ2) is 11.2. The Labute approximate surface area is 191 Å². The molecule has 2 amide bonds. The van der Waals surface area contributed by atoms with Crippen LogP contribution in [-0.4, -0.2) is 77.3 Å². The second-order valence-electron chi connectivity index (χ2n) is 8.46. The SMILES string of the molecule is CCc1ccccc1NC(=O)CN(C)C(=O)C(C)N1CCN(C(C)c2cccnc2)CC1. The molecule has 0 bridgehead atoms. The molecule has 1 saturated heterocycles. The minimum atomic E-state index is -0.258. The van der Waals surface area contributed by atoms with E-state index in [-0.39, 0.29) is 24.4 Å². The first kappa shape index (κ1) is 23.9. The van der Waals surface area contributed by atoms with Crippen LogP contribution in [0.2, 0.25) is 0 Å². The number of likely N-dealkylation sites (N-methyl/N-ethyl adjacent to an activating group) is 1. The zero-order chi connectivity index (χ0) is 23.1. The third kappa shape index (κ3) is 5.93. The van der Waals surface area contributed by atoms with Crippen LogP contribution in [0, 0.1) is 0 Å². The first-order chi connectivity index (χ1) is 15.4. The first-order valence-electron chi connectivity index (χ1n) is 11.4. The average Bonchev–Trinajstić information content (AvgIpc) is 2.83. The van der Waals surface area contributed by atoms with Crippen LogP contribution in [0.25, 0.3) is 0 Å². The Morgan fingerprint density at radius 3 is 2.41 bits per heavy atom. The molecule has 172 valence electrons. The van der Waals surface area contributed by atoms with Gasteiger partial charge in [0.15, 0.2) is 0 Å². The van der Waals surface area contributed by atoms with E-state index >= 15 is 0 Å².